The molecule has 2 atom stereocenters. The fraction of sp³-hybridized carbons (Fsp3) is 0.300. The number of nitrogens with zero attached hydrogens (tertiary/aromatic N) is 2. The maximum Gasteiger partial charge on any atom is 0.261 e. The Kier molecular flexibility index (Phi) is 5.68. The molecule has 28 heavy (non-hydrogen) atoms. The first kappa shape index (κ1) is 19.9. The van der Waals surface area contributed by atoms with Crippen LogP contribution in [0.3, 0.4) is 0 Å². The summed E-state index contributed by atoms with van der Waals surface area (Å²) in [4.78, 5) is 14.7. The number of sulfonamides is 1. The van der Waals surface area contributed by atoms with E-state index in [1.54, 1.807) is 29.2 Å². The van der Waals surface area contributed by atoms with Crippen LogP contribution >= 0.6 is 0 Å². The van der Waals surface area contributed by atoms with E-state index < -0.39 is 10.0 Å². The normalized spacial score (nSPS) is 19.7. The molecule has 0 bridgehead atoms. The zero-order valence-electron chi connectivity index (χ0n) is 15.6. The monoisotopic (exact) mass is 399 g/mol. The third-order valence-corrected chi connectivity index (χ3v) is 5.78. The van der Waals surface area contributed by atoms with Gasteiger partial charge in [-0.2, -0.15) is 5.26 Å². The fourth-order valence-corrected chi connectivity index (χ4v) is 4.26. The van der Waals surface area contributed by atoms with Crippen LogP contribution < -0.4 is 4.72 Å². The Hall–Kier alpha value is -2.89. The van der Waals surface area contributed by atoms with Crippen LogP contribution in [0.4, 0.5) is 5.69 Å². The maximum absolute atomic E-state index is 13.0. The number of carbonyl (C=O) groups is 1. The van der Waals surface area contributed by atoms with Crippen LogP contribution in [0.1, 0.15) is 29.8 Å². The lowest BCUT2D eigenvalue weighted by molar-refractivity contribution is -0.0585. The first-order valence-electron chi connectivity index (χ1n) is 8.87. The molecule has 0 aromatic heterocycles. The van der Waals surface area contributed by atoms with Crippen molar-refractivity contribution in [3.05, 3.63) is 59.7 Å². The number of rotatable bonds is 4. The molecule has 3 rings (SSSR count). The minimum absolute atomic E-state index is 0.0161. The Balaban J connectivity index is 1.87. The van der Waals surface area contributed by atoms with Crippen molar-refractivity contribution >= 4 is 21.6 Å². The second kappa shape index (κ2) is 8.00. The Morgan fingerprint density at radius 2 is 1.71 bits per heavy atom. The number of nitriles is 1. The summed E-state index contributed by atoms with van der Waals surface area (Å²) in [5, 5.41) is 8.86. The molecule has 1 saturated heterocycles. The predicted molar refractivity (Wildman–Crippen MR) is 104 cm³/mol. The largest absolute Gasteiger partial charge is 0.372 e. The summed E-state index contributed by atoms with van der Waals surface area (Å²) in [6.45, 7) is 4.69. The lowest BCUT2D eigenvalue weighted by Gasteiger charge is -2.35. The molecule has 0 aliphatic carbocycles. The molecule has 2 aromatic carbocycles. The molecule has 7 nitrogen and oxygen atoms in total. The summed E-state index contributed by atoms with van der Waals surface area (Å²) < 4.78 is 33.6. The summed E-state index contributed by atoms with van der Waals surface area (Å²) in [6, 6.07) is 14.0. The molecule has 1 amide bonds. The molecule has 146 valence electrons. The molecule has 1 aliphatic heterocycles. The molecule has 0 unspecified atom stereocenters. The van der Waals surface area contributed by atoms with Crippen molar-refractivity contribution in [3.63, 3.8) is 0 Å². The Morgan fingerprint density at radius 3 is 2.32 bits per heavy atom. The molecular weight excluding hydrogens is 378 g/mol. The van der Waals surface area contributed by atoms with E-state index in [2.05, 4.69) is 4.72 Å². The Labute approximate surface area is 164 Å². The number of morpholine rings is 1. The zero-order chi connectivity index (χ0) is 20.3. The molecule has 0 spiro atoms. The van der Waals surface area contributed by atoms with Gasteiger partial charge in [0.2, 0.25) is 0 Å². The van der Waals surface area contributed by atoms with Crippen molar-refractivity contribution in [1.29, 1.82) is 5.26 Å². The van der Waals surface area contributed by atoms with E-state index in [0.717, 1.165) is 0 Å². The predicted octanol–water partition coefficient (Wildman–Crippen LogP) is 2.61. The van der Waals surface area contributed by atoms with Gasteiger partial charge in [-0.3, -0.25) is 9.52 Å². The van der Waals surface area contributed by atoms with Crippen LogP contribution in [0.2, 0.25) is 0 Å². The van der Waals surface area contributed by atoms with Gasteiger partial charge in [0, 0.05) is 13.1 Å². The minimum Gasteiger partial charge on any atom is -0.372 e. The van der Waals surface area contributed by atoms with E-state index in [9.17, 15) is 13.2 Å². The fourth-order valence-electron chi connectivity index (χ4n) is 3.18. The number of benzene rings is 2. The van der Waals surface area contributed by atoms with Gasteiger partial charge >= 0.3 is 0 Å². The minimum atomic E-state index is -3.90. The van der Waals surface area contributed by atoms with Crippen molar-refractivity contribution in [3.8, 4) is 6.07 Å². The second-order valence-electron chi connectivity index (χ2n) is 6.75. The molecule has 1 aliphatic rings. The number of anilines is 1. The third kappa shape index (κ3) is 4.32. The summed E-state index contributed by atoms with van der Waals surface area (Å²) in [5.74, 6) is -0.250. The number of hydrogen-bond donors (Lipinski definition) is 1. The van der Waals surface area contributed by atoms with Crippen LogP contribution in [0.5, 0.6) is 0 Å². The summed E-state index contributed by atoms with van der Waals surface area (Å²) in [6.07, 6.45) is -0.176. The average molecular weight is 399 g/mol. The van der Waals surface area contributed by atoms with Gasteiger partial charge in [0.1, 0.15) is 0 Å². The van der Waals surface area contributed by atoms with Crippen molar-refractivity contribution in [2.45, 2.75) is 31.0 Å². The standard InChI is InChI=1S/C20H21N3O4S/c1-14-12-23(13-15(2)27-14)20(24)18-5-3-4-6-19(18)22-28(25,26)17-9-7-16(11-21)8-10-17/h3-10,14-15,22H,12-13H2,1-2H3/t14-,15+. The van der Waals surface area contributed by atoms with E-state index in [1.807, 2.05) is 19.9 Å². The van der Waals surface area contributed by atoms with Gasteiger partial charge in [-0.1, -0.05) is 12.1 Å². The van der Waals surface area contributed by atoms with Crippen molar-refractivity contribution in [2.24, 2.45) is 0 Å². The van der Waals surface area contributed by atoms with Crippen LogP contribution in [0.25, 0.3) is 0 Å². The highest BCUT2D eigenvalue weighted by molar-refractivity contribution is 7.92. The zero-order valence-corrected chi connectivity index (χ0v) is 16.4. The number of ether oxygens (including phenoxy) is 1. The molecule has 2 aromatic rings. The molecular formula is C20H21N3O4S. The maximum atomic E-state index is 13.0. The van der Waals surface area contributed by atoms with Gasteiger partial charge in [0.25, 0.3) is 15.9 Å². The first-order chi connectivity index (χ1) is 13.3. The number of hydrogen-bond acceptors (Lipinski definition) is 5. The van der Waals surface area contributed by atoms with Crippen molar-refractivity contribution in [1.82, 2.24) is 4.90 Å². The quantitative estimate of drug-likeness (QED) is 0.852. The van der Waals surface area contributed by atoms with E-state index in [0.29, 0.717) is 18.7 Å². The topological polar surface area (TPSA) is 99.5 Å². The number of carbonyl (C=O) groups excluding carboxylic acids is 1. The van der Waals surface area contributed by atoms with E-state index >= 15 is 0 Å². The average Bonchev–Trinajstić information content (AvgIpc) is 2.67. The van der Waals surface area contributed by atoms with E-state index in [-0.39, 0.29) is 34.3 Å². The van der Waals surface area contributed by atoms with Crippen LogP contribution in [-0.4, -0.2) is 44.5 Å². The molecule has 0 saturated carbocycles. The van der Waals surface area contributed by atoms with Crippen LogP contribution in [0.15, 0.2) is 53.4 Å². The van der Waals surface area contributed by atoms with Gasteiger partial charge in [-0.05, 0) is 50.2 Å². The molecule has 1 N–H and O–H groups in total. The van der Waals surface area contributed by atoms with Crippen molar-refractivity contribution < 1.29 is 17.9 Å². The molecule has 0 radical (unpaired) electrons. The smallest absolute Gasteiger partial charge is 0.261 e. The highest BCUT2D eigenvalue weighted by Crippen LogP contribution is 2.23. The first-order valence-corrected chi connectivity index (χ1v) is 10.3. The van der Waals surface area contributed by atoms with Gasteiger partial charge in [0.05, 0.1) is 40.0 Å². The van der Waals surface area contributed by atoms with Gasteiger partial charge in [-0.15, -0.1) is 0 Å². The number of nitrogens with one attached hydrogen (secondary N) is 1. The summed E-state index contributed by atoms with van der Waals surface area (Å²) in [7, 11) is -3.90. The van der Waals surface area contributed by atoms with Crippen LogP contribution in [0, 0.1) is 11.3 Å². The van der Waals surface area contributed by atoms with Crippen molar-refractivity contribution in [2.75, 3.05) is 17.8 Å². The number of para-hydroxylation sites is 1. The summed E-state index contributed by atoms with van der Waals surface area (Å²) >= 11 is 0. The van der Waals surface area contributed by atoms with Gasteiger partial charge in [-0.25, -0.2) is 8.42 Å². The Bertz CT molecular complexity index is 1000. The summed E-state index contributed by atoms with van der Waals surface area (Å²) in [5.41, 5.74) is 0.856. The lowest BCUT2D eigenvalue weighted by atomic mass is 10.1. The second-order valence-corrected chi connectivity index (χ2v) is 8.44. The van der Waals surface area contributed by atoms with E-state index in [4.69, 9.17) is 10.00 Å². The van der Waals surface area contributed by atoms with E-state index in [1.165, 1.54) is 24.3 Å². The van der Waals surface area contributed by atoms with Crippen LogP contribution in [-0.2, 0) is 14.8 Å². The highest BCUT2D eigenvalue weighted by atomic mass is 32.2. The molecule has 1 heterocycles. The van der Waals surface area contributed by atoms with Gasteiger partial charge < -0.3 is 9.64 Å². The lowest BCUT2D eigenvalue weighted by Crippen LogP contribution is -2.48. The number of amides is 1. The third-order valence-electron chi connectivity index (χ3n) is 4.40. The molecule has 1 fully saturated rings. The Morgan fingerprint density at radius 1 is 1.11 bits per heavy atom. The molecule has 8 heteroatoms. The highest BCUT2D eigenvalue weighted by Gasteiger charge is 2.28. The van der Waals surface area contributed by atoms with Gasteiger partial charge in [0.15, 0.2) is 0 Å². The SMILES string of the molecule is C[C@@H]1CN(C(=O)c2ccccc2NS(=O)(=O)c2ccc(C#N)cc2)C[C@H](C)O1.